The number of furan rings is 1. The van der Waals surface area contributed by atoms with Crippen molar-refractivity contribution in [2.45, 2.75) is 43.5 Å². The minimum absolute atomic E-state index is 0.959. The number of rotatable bonds is 6. The fraction of sp³-hybridized carbons (Fsp3) is 0.205. The first-order valence-electron chi connectivity index (χ1n) is 15.3. The van der Waals surface area contributed by atoms with Crippen molar-refractivity contribution in [3.8, 4) is 22.4 Å². The molecule has 2 heterocycles. The number of aryl methyl sites for hydroxylation is 2. The van der Waals surface area contributed by atoms with Gasteiger partial charge in [-0.3, -0.25) is 0 Å². The van der Waals surface area contributed by atoms with E-state index >= 15 is 0 Å². The zero-order valence-electron chi connectivity index (χ0n) is 25.3. The summed E-state index contributed by atoms with van der Waals surface area (Å²) in [5.74, 6) is 0. The molecule has 3 heteroatoms. The van der Waals surface area contributed by atoms with Crippen LogP contribution in [0.5, 0.6) is 0 Å². The summed E-state index contributed by atoms with van der Waals surface area (Å²) in [4.78, 5) is 0. The molecule has 2 nitrogen and oxygen atoms in total. The van der Waals surface area contributed by atoms with Gasteiger partial charge in [-0.25, -0.2) is 0 Å². The average molecular weight is 609 g/mol. The van der Waals surface area contributed by atoms with Crippen LogP contribution in [0.2, 0.25) is 15.8 Å². The van der Waals surface area contributed by atoms with Gasteiger partial charge in [0.15, 0.2) is 0 Å². The molecule has 0 aliphatic carbocycles. The first-order valence-corrected chi connectivity index (χ1v) is 20.8. The van der Waals surface area contributed by atoms with Gasteiger partial charge in [-0.1, -0.05) is 42.5 Å². The van der Waals surface area contributed by atoms with Gasteiger partial charge in [0.25, 0.3) is 0 Å². The number of hydrogen-bond acceptors (Lipinski definition) is 1. The predicted molar refractivity (Wildman–Crippen MR) is 182 cm³/mol. The summed E-state index contributed by atoms with van der Waals surface area (Å²) >= 11 is -1.98. The molecule has 0 bridgehead atoms. The van der Waals surface area contributed by atoms with Crippen LogP contribution in [0.25, 0.3) is 65.9 Å². The van der Waals surface area contributed by atoms with E-state index in [2.05, 4.69) is 143 Å². The van der Waals surface area contributed by atoms with Crippen LogP contribution < -0.4 is 8.96 Å². The predicted octanol–water partition coefficient (Wildman–Crippen LogP) is 10.1. The Bertz CT molecular complexity index is 2110. The van der Waals surface area contributed by atoms with Crippen LogP contribution in [0.15, 0.2) is 108 Å². The van der Waals surface area contributed by atoms with Crippen molar-refractivity contribution in [3.63, 3.8) is 0 Å². The van der Waals surface area contributed by atoms with E-state index in [1.165, 1.54) is 59.4 Å². The fourth-order valence-electron chi connectivity index (χ4n) is 7.18. The first-order chi connectivity index (χ1) is 20.5. The van der Waals surface area contributed by atoms with E-state index in [9.17, 15) is 0 Å². The van der Waals surface area contributed by atoms with Crippen LogP contribution in [0.3, 0.4) is 0 Å². The van der Waals surface area contributed by atoms with Gasteiger partial charge in [-0.2, -0.15) is 0 Å². The van der Waals surface area contributed by atoms with Gasteiger partial charge in [-0.05, 0) is 16.2 Å². The molecular formula is C39H38GeNO+. The Morgan fingerprint density at radius 2 is 1.31 bits per heavy atom. The Hall–Kier alpha value is -3.89. The molecule has 0 aliphatic heterocycles. The van der Waals surface area contributed by atoms with Crippen LogP contribution in [-0.2, 0) is 7.05 Å². The van der Waals surface area contributed by atoms with Gasteiger partial charge in [0.2, 0.25) is 0 Å². The topological polar surface area (TPSA) is 17.0 Å². The van der Waals surface area contributed by atoms with Crippen molar-refractivity contribution in [2.24, 2.45) is 7.05 Å². The van der Waals surface area contributed by atoms with Crippen molar-refractivity contribution in [1.82, 2.24) is 0 Å². The van der Waals surface area contributed by atoms with Crippen molar-refractivity contribution in [3.05, 3.63) is 109 Å². The summed E-state index contributed by atoms with van der Waals surface area (Å²) in [5.41, 5.74) is 7.97. The van der Waals surface area contributed by atoms with Crippen molar-refractivity contribution < 1.29 is 8.98 Å². The second-order valence-electron chi connectivity index (χ2n) is 11.9. The third-order valence-corrected chi connectivity index (χ3v) is 21.8. The molecule has 0 spiro atoms. The van der Waals surface area contributed by atoms with Gasteiger partial charge >= 0.3 is 193 Å². The third-order valence-electron chi connectivity index (χ3n) is 9.99. The van der Waals surface area contributed by atoms with Gasteiger partial charge in [0, 0.05) is 0 Å². The molecule has 208 valence electrons. The fourth-order valence-corrected chi connectivity index (χ4v) is 14.7. The van der Waals surface area contributed by atoms with Gasteiger partial charge in [0.05, 0.1) is 0 Å². The molecule has 0 radical (unpaired) electrons. The summed E-state index contributed by atoms with van der Waals surface area (Å²) in [6.07, 6.45) is 2.19. The van der Waals surface area contributed by atoms with Crippen molar-refractivity contribution >= 4 is 61.1 Å². The van der Waals surface area contributed by atoms with E-state index in [1.807, 2.05) is 0 Å². The second kappa shape index (κ2) is 10.4. The molecule has 0 saturated heterocycles. The Morgan fingerprint density at radius 3 is 2.07 bits per heavy atom. The number of aromatic nitrogens is 1. The molecule has 0 aliphatic rings. The Kier molecular flexibility index (Phi) is 6.70. The normalized spacial score (nSPS) is 12.2. The second-order valence-corrected chi connectivity index (χ2v) is 22.9. The van der Waals surface area contributed by atoms with E-state index in [1.54, 1.807) is 4.40 Å². The van der Waals surface area contributed by atoms with Crippen LogP contribution in [0.1, 0.15) is 26.3 Å². The SMILES string of the molecule is C[CH2][Ge]([CH2]C)([CH2]C)[c]1ccc(-c2cc[n+](C)c(-c3c(C)ccc4c3oc3c4ccc4ccc5ccccc5c43)c2)cc1. The number of fused-ring (bicyclic) bond motifs is 7. The van der Waals surface area contributed by atoms with E-state index in [0.717, 1.165) is 27.8 Å². The average Bonchev–Trinajstić information content (AvgIpc) is 3.41. The standard InChI is InChI=1S/C39H38GeNO/c1-6-40(7-2,8-3)31-19-16-27(17-20-31)30-23-24-41(5)35(25-30)36-26(4)13-21-33-34-22-18-29-15-14-28-11-9-10-12-32(28)37(29)39(34)42-38(33)36/h9-25H,6-8H2,1-5H3/q+1. The summed E-state index contributed by atoms with van der Waals surface area (Å²) in [6.45, 7) is 9.40. The zero-order chi connectivity index (χ0) is 29.0. The number of hydrogen-bond donors (Lipinski definition) is 0. The summed E-state index contributed by atoms with van der Waals surface area (Å²) in [5, 5.41) is 11.2. The molecular weight excluding hydrogens is 571 g/mol. The van der Waals surface area contributed by atoms with Crippen molar-refractivity contribution in [2.75, 3.05) is 0 Å². The molecule has 0 fully saturated rings. The minimum atomic E-state index is -1.98. The summed E-state index contributed by atoms with van der Waals surface area (Å²) < 4.78 is 10.8. The quantitative estimate of drug-likeness (QED) is 0.104. The number of benzene rings is 5. The maximum absolute atomic E-state index is 6.92. The molecule has 42 heavy (non-hydrogen) atoms. The van der Waals surface area contributed by atoms with Crippen LogP contribution in [0, 0.1) is 6.92 Å². The summed E-state index contributed by atoms with van der Waals surface area (Å²) in [7, 11) is 2.14. The molecule has 0 N–H and O–H groups in total. The summed E-state index contributed by atoms with van der Waals surface area (Å²) in [6, 6.07) is 36.1. The van der Waals surface area contributed by atoms with Crippen LogP contribution >= 0.6 is 0 Å². The third kappa shape index (κ3) is 4.11. The van der Waals surface area contributed by atoms with E-state index in [-0.39, 0.29) is 0 Å². The monoisotopic (exact) mass is 610 g/mol. The molecule has 5 aromatic carbocycles. The first kappa shape index (κ1) is 27.0. The number of pyridine rings is 1. The molecule has 0 unspecified atom stereocenters. The van der Waals surface area contributed by atoms with E-state index in [4.69, 9.17) is 4.42 Å². The zero-order valence-corrected chi connectivity index (χ0v) is 27.4. The molecule has 2 aromatic heterocycles. The Morgan fingerprint density at radius 1 is 0.643 bits per heavy atom. The molecule has 0 atom stereocenters. The number of nitrogens with zero attached hydrogens (tertiary/aromatic N) is 1. The maximum atomic E-state index is 6.92. The van der Waals surface area contributed by atoms with Crippen LogP contribution in [-0.4, -0.2) is 13.3 Å². The molecule has 7 rings (SSSR count). The van der Waals surface area contributed by atoms with Gasteiger partial charge in [-0.15, -0.1) is 0 Å². The van der Waals surface area contributed by atoms with E-state index < -0.39 is 13.3 Å². The Labute approximate surface area is 251 Å². The molecule has 0 amide bonds. The molecule has 7 aromatic rings. The van der Waals surface area contributed by atoms with Crippen molar-refractivity contribution in [1.29, 1.82) is 0 Å². The molecule has 0 saturated carbocycles. The van der Waals surface area contributed by atoms with Gasteiger partial charge in [0.1, 0.15) is 0 Å². The van der Waals surface area contributed by atoms with E-state index in [0.29, 0.717) is 0 Å². The van der Waals surface area contributed by atoms with Gasteiger partial charge < -0.3 is 0 Å². The Balaban J connectivity index is 1.42. The van der Waals surface area contributed by atoms with Crippen LogP contribution in [0.4, 0.5) is 0 Å².